The number of furan rings is 5. The monoisotopic (exact) mass is 1560 g/mol. The van der Waals surface area contributed by atoms with Gasteiger partial charge in [-0.1, -0.05) is 46.3 Å². The molecule has 10 N–H and O–H groups in total. The third-order valence-corrected chi connectivity index (χ3v) is 14.0. The fourth-order valence-electron chi connectivity index (χ4n) is 8.27. The van der Waals surface area contributed by atoms with Crippen LogP contribution in [0.25, 0.3) is 54.8 Å². The number of ketones is 1. The number of benzene rings is 5. The van der Waals surface area contributed by atoms with Crippen LogP contribution in [0.15, 0.2) is 149 Å². The largest absolute Gasteiger partial charge is 1.00 e. The number of carboxylic acid groups (broad SMARTS) is 1. The first-order chi connectivity index (χ1) is 44.0. The predicted molar refractivity (Wildman–Crippen MR) is 349 cm³/mol. The SMILES string of the molecule is BrCc1cc(Br)c2occc2c1.C1COCCN1.CC(=O)c1ccc2occc2c1O.CCO.CCOC(=O)Cc1ccc2occc2c1O.O=C(O)Cc1ccc2occc2c1O.O=CO[O-].O=S(=O)(O)O.Oc1c(CC(=S)N2CCOCC2)ccc2occc12.[H-].[K+].[K+].[Na+].[OH-]. The van der Waals surface area contributed by atoms with E-state index in [1.165, 1.54) is 31.3 Å². The fourth-order valence-corrected chi connectivity index (χ4v) is 9.55. The summed E-state index contributed by atoms with van der Waals surface area (Å²) in [6, 6.07) is 26.4. The summed E-state index contributed by atoms with van der Waals surface area (Å²) < 4.78 is 73.5. The van der Waals surface area contributed by atoms with Crippen molar-refractivity contribution >= 4 is 139 Å². The number of nitrogens with one attached hydrogen (secondary N) is 1. The number of fused-ring (bicyclic) bond motifs is 5. The molecule has 7 heterocycles. The van der Waals surface area contributed by atoms with Gasteiger partial charge in [0, 0.05) is 66.6 Å². The summed E-state index contributed by atoms with van der Waals surface area (Å²) in [5, 5.41) is 71.6. The molecule has 34 heteroatoms. The zero-order valence-corrected chi connectivity index (χ0v) is 66.2. The van der Waals surface area contributed by atoms with Crippen molar-refractivity contribution in [3.8, 4) is 23.0 Å². The number of hydrogen-bond donors (Lipinski definition) is 9. The number of morpholine rings is 2. The molecule has 2 aliphatic heterocycles. The minimum Gasteiger partial charge on any atom is -1.00 e. The molecule has 0 amide bonds. The second kappa shape index (κ2) is 49.4. The normalized spacial score (nSPS) is 11.7. The topological polar surface area (TPSA) is 435 Å². The van der Waals surface area contributed by atoms with Gasteiger partial charge in [0.05, 0.1) is 114 Å². The van der Waals surface area contributed by atoms with Crippen LogP contribution < -0.4 is 143 Å². The average molecular weight is 1570 g/mol. The molecular formula is C62H69Br2K2N2NaO25S2. The fraction of sp³-hybridized carbons (Fsp3) is 0.274. The van der Waals surface area contributed by atoms with E-state index < -0.39 is 16.4 Å². The Balaban J connectivity index is 0. The zero-order chi connectivity index (χ0) is 67.8. The third-order valence-electron chi connectivity index (χ3n) is 12.3. The molecule has 0 saturated carbocycles. The maximum atomic E-state index is 11.3. The molecule has 12 rings (SSSR count). The molecule has 0 spiro atoms. The van der Waals surface area contributed by atoms with E-state index in [9.17, 15) is 34.8 Å². The summed E-state index contributed by atoms with van der Waals surface area (Å²) in [6.07, 6.45) is 8.17. The number of Topliss-reactive ketones (excluding diaryl/α,β-unsaturated/α-hetero) is 1. The van der Waals surface area contributed by atoms with E-state index in [1.54, 1.807) is 87.0 Å². The van der Waals surface area contributed by atoms with E-state index in [4.69, 9.17) is 86.3 Å². The molecule has 2 saturated heterocycles. The van der Waals surface area contributed by atoms with Gasteiger partial charge in [0.1, 0.15) is 50.9 Å². The Morgan fingerprint density at radius 2 is 1.07 bits per heavy atom. The van der Waals surface area contributed by atoms with Crippen LogP contribution in [-0.4, -0.2) is 154 Å². The van der Waals surface area contributed by atoms with Gasteiger partial charge in [-0.2, -0.15) is 8.42 Å². The summed E-state index contributed by atoms with van der Waals surface area (Å²) in [5.74, 6) is -1.14. The maximum Gasteiger partial charge on any atom is 1.00 e. The van der Waals surface area contributed by atoms with Crippen molar-refractivity contribution in [2.45, 2.75) is 45.4 Å². The quantitative estimate of drug-likeness (QED) is 0.0107. The van der Waals surface area contributed by atoms with Crippen molar-refractivity contribution in [2.75, 3.05) is 65.8 Å². The Morgan fingerprint density at radius 1 is 0.677 bits per heavy atom. The van der Waals surface area contributed by atoms with Crippen LogP contribution in [0.3, 0.4) is 0 Å². The molecule has 506 valence electrons. The number of phenolic OH excluding ortho intramolecular Hbond substituents is 4. The number of aliphatic hydroxyl groups is 1. The van der Waals surface area contributed by atoms with Gasteiger partial charge in [0.2, 0.25) is 0 Å². The number of alkyl halides is 1. The van der Waals surface area contributed by atoms with E-state index in [2.05, 4.69) is 59.1 Å². The first-order valence-corrected chi connectivity index (χ1v) is 31.2. The van der Waals surface area contributed by atoms with Crippen LogP contribution in [0.2, 0.25) is 0 Å². The predicted octanol–water partition coefficient (Wildman–Crippen LogP) is 1.12. The number of rotatable bonds is 10. The van der Waals surface area contributed by atoms with Gasteiger partial charge in [0.15, 0.2) is 5.78 Å². The van der Waals surface area contributed by atoms with Crippen LogP contribution >= 0.6 is 44.1 Å². The van der Waals surface area contributed by atoms with Gasteiger partial charge in [-0.25, -0.2) is 0 Å². The molecule has 5 aromatic heterocycles. The molecule has 10 aromatic rings. The second-order valence-corrected chi connectivity index (χ2v) is 21.4. The smallest absolute Gasteiger partial charge is 1.00 e. The van der Waals surface area contributed by atoms with Gasteiger partial charge < -0.3 is 94.2 Å². The van der Waals surface area contributed by atoms with Crippen molar-refractivity contribution in [3.63, 3.8) is 0 Å². The van der Waals surface area contributed by atoms with Crippen LogP contribution in [0.1, 0.15) is 54.8 Å². The number of carbonyl (C=O) groups is 4. The first-order valence-electron chi connectivity index (χ1n) is 27.5. The number of aromatic hydroxyl groups is 4. The number of phenols is 4. The van der Waals surface area contributed by atoms with Crippen LogP contribution in [0, 0.1) is 0 Å². The van der Waals surface area contributed by atoms with Crippen molar-refractivity contribution in [3.05, 3.63) is 155 Å². The van der Waals surface area contributed by atoms with E-state index in [-0.39, 0.29) is 200 Å². The molecule has 2 aliphatic rings. The number of nitrogens with zero attached hydrogens (tertiary/aromatic N) is 1. The molecule has 5 aromatic carbocycles. The van der Waals surface area contributed by atoms with Gasteiger partial charge >= 0.3 is 155 Å². The summed E-state index contributed by atoms with van der Waals surface area (Å²) in [6.45, 7) is 12.2. The minimum atomic E-state index is -4.67. The first kappa shape index (κ1) is 91.8. The summed E-state index contributed by atoms with van der Waals surface area (Å²) in [4.78, 5) is 47.0. The van der Waals surface area contributed by atoms with Gasteiger partial charge in [0.25, 0.3) is 6.47 Å². The van der Waals surface area contributed by atoms with E-state index in [1.807, 2.05) is 18.2 Å². The van der Waals surface area contributed by atoms with E-state index in [0.29, 0.717) is 81.4 Å². The van der Waals surface area contributed by atoms with Crippen LogP contribution in [0.5, 0.6) is 23.0 Å². The van der Waals surface area contributed by atoms with Crippen LogP contribution in [-0.2, 0) is 68.5 Å². The van der Waals surface area contributed by atoms with Gasteiger partial charge in [-0.15, -0.1) is 0 Å². The zero-order valence-electron chi connectivity index (χ0n) is 54.1. The van der Waals surface area contributed by atoms with Crippen molar-refractivity contribution in [2.24, 2.45) is 0 Å². The number of ether oxygens (including phenoxy) is 3. The molecule has 0 bridgehead atoms. The molecule has 0 radical (unpaired) electrons. The number of aliphatic hydroxyl groups excluding tert-OH is 1. The molecule has 0 unspecified atom stereocenters. The Bertz CT molecular complexity index is 4060. The molecule has 0 aliphatic carbocycles. The number of halogens is 2. The summed E-state index contributed by atoms with van der Waals surface area (Å²) >= 11 is 12.3. The summed E-state index contributed by atoms with van der Waals surface area (Å²) in [5.41, 5.74) is 6.70. The van der Waals surface area contributed by atoms with E-state index in [0.717, 1.165) is 76.1 Å². The van der Waals surface area contributed by atoms with Gasteiger partial charge in [-0.05, 0) is 115 Å². The standard InChI is InChI=1S/C14H15NO3S.C12H12O4.C10H8O4.C10H8O3.C9H6Br2O.C4H9NO.C2H6O.CH2O3.2K.Na.H2O4S.H2O.H/c16-14-10(1-2-12-11(14)3-6-18-12)9-13(19)15-4-7-17-8-5-15;1-2-15-11(13)7-8-3-4-10-9(12(8)14)5-6-16-10;11-9(12)5-6-1-2-8-7(10(6)13)3-4-14-8;1-6(11)7-2-3-9-8(10(7)12)4-5-13-9;10-5-6-3-7-1-2-12-9(7)8(11)4-6;1-3-6-4-2-5-1;1-2-3;2-1-4-3;;;;1-5(2,3)4;;/h1-3,6,16H,4-5,7-9H2;3-6,14H,2,7H2,1H3;1-4,13H,5H2,(H,11,12);2-5,12H,1H3;1-4H,5H2;5H,1-4H2;3H,2H2,1H3;1,3H;;;;(H2,1,2,3,4);1H2;/q;;;;;;;;3*+1;;;-1/p-2. The Kier molecular flexibility index (Phi) is 47.2. The number of carbonyl (C=O) groups excluding carboxylic acids is 3. The molecule has 27 nitrogen and oxygen atoms in total. The Labute approximate surface area is 681 Å². The number of hydrogen-bond acceptors (Lipinski definition) is 24. The Morgan fingerprint density at radius 3 is 1.45 bits per heavy atom. The van der Waals surface area contributed by atoms with Gasteiger partial charge in [-0.3, -0.25) is 28.3 Å². The summed E-state index contributed by atoms with van der Waals surface area (Å²) in [7, 11) is -4.67. The number of carboxylic acids is 1. The molecule has 96 heavy (non-hydrogen) atoms. The second-order valence-electron chi connectivity index (χ2n) is 18.7. The maximum absolute atomic E-state index is 11.3. The minimum absolute atomic E-state index is 0. The van der Waals surface area contributed by atoms with Crippen LogP contribution in [0.4, 0.5) is 0 Å². The molecule has 2 fully saturated rings. The third kappa shape index (κ3) is 31.6. The number of aliphatic carboxylic acids is 1. The van der Waals surface area contributed by atoms with E-state index >= 15 is 0 Å². The van der Waals surface area contributed by atoms with Crippen molar-refractivity contribution in [1.29, 1.82) is 0 Å². The van der Waals surface area contributed by atoms with Crippen molar-refractivity contribution < 1.29 is 253 Å². The number of esters is 1. The molecule has 0 atom stereocenters. The average Bonchev–Trinajstić information content (AvgIpc) is 1.77. The number of thiocarbonyl (C=S) groups is 1. The van der Waals surface area contributed by atoms with Crippen molar-refractivity contribution in [1.82, 2.24) is 10.2 Å². The molecular weight excluding hydrogens is 1500 g/mol. The Hall–Kier alpha value is -4.17.